The molecule has 1 aromatic heterocycles. The highest BCUT2D eigenvalue weighted by Gasteiger charge is 2.23. The van der Waals surface area contributed by atoms with Gasteiger partial charge in [0.2, 0.25) is 5.82 Å². The van der Waals surface area contributed by atoms with Crippen molar-refractivity contribution in [3.63, 3.8) is 0 Å². The van der Waals surface area contributed by atoms with E-state index in [1.54, 1.807) is 6.07 Å². The van der Waals surface area contributed by atoms with Gasteiger partial charge in [0.05, 0.1) is 6.61 Å². The molecular weight excluding hydrogens is 266 g/mol. The lowest BCUT2D eigenvalue weighted by Crippen LogP contribution is -2.02. The molecule has 4 heteroatoms. The minimum Gasteiger partial charge on any atom is -0.490 e. The summed E-state index contributed by atoms with van der Waals surface area (Å²) in [6, 6.07) is 6.81. The van der Waals surface area contributed by atoms with Crippen molar-refractivity contribution in [3.8, 4) is 16.2 Å². The Morgan fingerprint density at radius 1 is 1.16 bits per heavy atom. The largest absolute Gasteiger partial charge is 0.490 e. The highest BCUT2D eigenvalue weighted by molar-refractivity contribution is 7.15. The lowest BCUT2D eigenvalue weighted by atomic mass is 10.1. The molecule has 1 aromatic carbocycles. The molecule has 2 aromatic rings. The van der Waals surface area contributed by atoms with Crippen LogP contribution in [-0.4, -0.2) is 6.61 Å². The molecule has 0 unspecified atom stereocenters. The maximum atomic E-state index is 14.0. The molecule has 1 fully saturated rings. The zero-order valence-electron chi connectivity index (χ0n) is 10.6. The van der Waals surface area contributed by atoms with Crippen LogP contribution in [0.3, 0.4) is 0 Å². The van der Waals surface area contributed by atoms with E-state index < -0.39 is 11.6 Å². The van der Waals surface area contributed by atoms with Crippen molar-refractivity contribution in [2.45, 2.75) is 19.8 Å². The molecule has 0 aliphatic heterocycles. The predicted molar refractivity (Wildman–Crippen MR) is 72.6 cm³/mol. The standard InChI is InChI=1S/C15H14F2OS/c1-9-2-7-13(19-9)11-5-6-12(15(17)14(11)16)18-8-10-3-4-10/h2,5-7,10H,3-4,8H2,1H3. The number of benzene rings is 1. The minimum absolute atomic E-state index is 0.0152. The van der Waals surface area contributed by atoms with Gasteiger partial charge in [0.15, 0.2) is 11.6 Å². The van der Waals surface area contributed by atoms with Gasteiger partial charge in [-0.1, -0.05) is 0 Å². The fourth-order valence-electron chi connectivity index (χ4n) is 1.90. The number of aryl methyl sites for hydroxylation is 1. The Morgan fingerprint density at radius 2 is 1.95 bits per heavy atom. The van der Waals surface area contributed by atoms with Crippen LogP contribution < -0.4 is 4.74 Å². The molecule has 0 radical (unpaired) electrons. The molecule has 1 heterocycles. The fraction of sp³-hybridized carbons (Fsp3) is 0.333. The van der Waals surface area contributed by atoms with Gasteiger partial charge in [-0.2, -0.15) is 4.39 Å². The smallest absolute Gasteiger partial charge is 0.201 e. The predicted octanol–water partition coefficient (Wildman–Crippen LogP) is 4.79. The molecule has 1 nitrogen and oxygen atoms in total. The van der Waals surface area contributed by atoms with Gasteiger partial charge in [-0.05, 0) is 49.9 Å². The average Bonchev–Trinajstić information content (AvgIpc) is 3.13. The van der Waals surface area contributed by atoms with Gasteiger partial charge < -0.3 is 4.74 Å². The van der Waals surface area contributed by atoms with Crippen molar-refractivity contribution < 1.29 is 13.5 Å². The van der Waals surface area contributed by atoms with E-state index in [-0.39, 0.29) is 5.75 Å². The van der Waals surface area contributed by atoms with Crippen molar-refractivity contribution in [2.75, 3.05) is 6.61 Å². The first-order valence-electron chi connectivity index (χ1n) is 6.33. The van der Waals surface area contributed by atoms with Crippen LogP contribution in [0.5, 0.6) is 5.75 Å². The third-order valence-corrected chi connectivity index (χ3v) is 4.26. The Hall–Kier alpha value is -1.42. The summed E-state index contributed by atoms with van der Waals surface area (Å²) in [5, 5.41) is 0. The first-order valence-corrected chi connectivity index (χ1v) is 7.14. The van der Waals surface area contributed by atoms with Crippen molar-refractivity contribution in [2.24, 2.45) is 5.92 Å². The summed E-state index contributed by atoms with van der Waals surface area (Å²) in [6.07, 6.45) is 2.24. The van der Waals surface area contributed by atoms with Crippen LogP contribution in [-0.2, 0) is 0 Å². The normalized spacial score (nSPS) is 14.7. The monoisotopic (exact) mass is 280 g/mol. The van der Waals surface area contributed by atoms with Crippen LogP contribution in [0.25, 0.3) is 10.4 Å². The van der Waals surface area contributed by atoms with Gasteiger partial charge in [0, 0.05) is 15.3 Å². The summed E-state index contributed by atoms with van der Waals surface area (Å²) in [6.45, 7) is 2.42. The van der Waals surface area contributed by atoms with Gasteiger partial charge in [0.1, 0.15) is 0 Å². The molecule has 1 aliphatic rings. The number of rotatable bonds is 4. The SMILES string of the molecule is Cc1ccc(-c2ccc(OCC3CC3)c(F)c2F)s1. The van der Waals surface area contributed by atoms with Gasteiger partial charge in [0.25, 0.3) is 0 Å². The first kappa shape index (κ1) is 12.6. The number of hydrogen-bond acceptors (Lipinski definition) is 2. The van der Waals surface area contributed by atoms with E-state index in [0.717, 1.165) is 22.6 Å². The Labute approximate surface area is 114 Å². The lowest BCUT2D eigenvalue weighted by Gasteiger charge is -2.09. The molecular formula is C15H14F2OS. The van der Waals surface area contributed by atoms with Crippen LogP contribution in [0.15, 0.2) is 24.3 Å². The van der Waals surface area contributed by atoms with E-state index in [1.165, 1.54) is 17.4 Å². The van der Waals surface area contributed by atoms with Crippen LogP contribution in [0.1, 0.15) is 17.7 Å². The Balaban J connectivity index is 1.88. The molecule has 0 N–H and O–H groups in total. The molecule has 1 saturated carbocycles. The van der Waals surface area contributed by atoms with Crippen LogP contribution >= 0.6 is 11.3 Å². The number of hydrogen-bond donors (Lipinski definition) is 0. The molecule has 0 saturated heterocycles. The zero-order chi connectivity index (χ0) is 13.4. The topological polar surface area (TPSA) is 9.23 Å². The summed E-state index contributed by atoms with van der Waals surface area (Å²) < 4.78 is 33.3. The van der Waals surface area contributed by atoms with Crippen molar-refractivity contribution in [1.82, 2.24) is 0 Å². The maximum absolute atomic E-state index is 14.0. The average molecular weight is 280 g/mol. The van der Waals surface area contributed by atoms with Crippen molar-refractivity contribution >= 4 is 11.3 Å². The molecule has 19 heavy (non-hydrogen) atoms. The number of ether oxygens (including phenoxy) is 1. The maximum Gasteiger partial charge on any atom is 0.201 e. The number of thiophene rings is 1. The van der Waals surface area contributed by atoms with Gasteiger partial charge in [-0.15, -0.1) is 11.3 Å². The van der Waals surface area contributed by atoms with Crippen molar-refractivity contribution in [3.05, 3.63) is 40.8 Å². The van der Waals surface area contributed by atoms with Gasteiger partial charge in [-0.3, -0.25) is 0 Å². The van der Waals surface area contributed by atoms with Crippen LogP contribution in [0.4, 0.5) is 8.78 Å². The van der Waals surface area contributed by atoms with Crippen LogP contribution in [0, 0.1) is 24.5 Å². The second-order valence-corrected chi connectivity index (χ2v) is 6.19. The molecule has 100 valence electrons. The Bertz CT molecular complexity index is 602. The molecule has 0 bridgehead atoms. The summed E-state index contributed by atoms with van der Waals surface area (Å²) >= 11 is 1.45. The zero-order valence-corrected chi connectivity index (χ0v) is 11.4. The van der Waals surface area contributed by atoms with Crippen LogP contribution in [0.2, 0.25) is 0 Å². The second kappa shape index (κ2) is 4.93. The fourth-order valence-corrected chi connectivity index (χ4v) is 2.79. The number of halogens is 2. The highest BCUT2D eigenvalue weighted by Crippen LogP contribution is 2.35. The Morgan fingerprint density at radius 3 is 2.58 bits per heavy atom. The van der Waals surface area contributed by atoms with Gasteiger partial charge in [-0.25, -0.2) is 4.39 Å². The quantitative estimate of drug-likeness (QED) is 0.782. The summed E-state index contributed by atoms with van der Waals surface area (Å²) in [5.41, 5.74) is 0.300. The van der Waals surface area contributed by atoms with E-state index >= 15 is 0 Å². The van der Waals surface area contributed by atoms with E-state index in [0.29, 0.717) is 18.1 Å². The highest BCUT2D eigenvalue weighted by atomic mass is 32.1. The third-order valence-electron chi connectivity index (χ3n) is 3.22. The lowest BCUT2D eigenvalue weighted by molar-refractivity contribution is 0.280. The Kier molecular flexibility index (Phi) is 3.27. The molecule has 0 amide bonds. The summed E-state index contributed by atoms with van der Waals surface area (Å²) in [7, 11) is 0. The van der Waals surface area contributed by atoms with Gasteiger partial charge >= 0.3 is 0 Å². The van der Waals surface area contributed by atoms with E-state index in [1.807, 2.05) is 19.1 Å². The first-order chi connectivity index (χ1) is 9.15. The molecule has 0 spiro atoms. The second-order valence-electron chi connectivity index (χ2n) is 4.90. The molecule has 1 aliphatic carbocycles. The van der Waals surface area contributed by atoms with Crippen molar-refractivity contribution in [1.29, 1.82) is 0 Å². The third kappa shape index (κ3) is 2.63. The van der Waals surface area contributed by atoms with E-state index in [4.69, 9.17) is 4.74 Å². The summed E-state index contributed by atoms with van der Waals surface area (Å²) in [5.74, 6) is -1.18. The van der Waals surface area contributed by atoms with E-state index in [2.05, 4.69) is 0 Å². The summed E-state index contributed by atoms with van der Waals surface area (Å²) in [4.78, 5) is 1.81. The molecule has 3 rings (SSSR count). The molecule has 0 atom stereocenters. The minimum atomic E-state index is -0.885. The van der Waals surface area contributed by atoms with E-state index in [9.17, 15) is 8.78 Å².